The predicted octanol–water partition coefficient (Wildman–Crippen LogP) is 4.12. The molecule has 1 saturated heterocycles. The van der Waals surface area contributed by atoms with Crippen molar-refractivity contribution in [2.75, 3.05) is 6.61 Å². The molecular formula is C22H22FN3O2. The molecule has 1 amide bonds. The molecule has 3 heterocycles. The van der Waals surface area contributed by atoms with Gasteiger partial charge in [-0.3, -0.25) is 9.78 Å². The number of nitrogens with zero attached hydrogens (tertiary/aromatic N) is 2. The minimum absolute atomic E-state index is 0.0261. The van der Waals surface area contributed by atoms with Gasteiger partial charge in [0.2, 0.25) is 0 Å². The maximum Gasteiger partial charge on any atom is 0.252 e. The molecule has 0 aliphatic carbocycles. The van der Waals surface area contributed by atoms with E-state index in [0.717, 1.165) is 12.8 Å². The molecule has 0 spiro atoms. The number of rotatable bonds is 3. The summed E-state index contributed by atoms with van der Waals surface area (Å²) in [5.41, 5.74) is 1.81. The van der Waals surface area contributed by atoms with Gasteiger partial charge in [-0.25, -0.2) is 9.37 Å². The number of carbonyl (C=O) groups excluding carboxylic acids is 1. The van der Waals surface area contributed by atoms with Gasteiger partial charge in [-0.2, -0.15) is 0 Å². The predicted molar refractivity (Wildman–Crippen MR) is 105 cm³/mol. The van der Waals surface area contributed by atoms with Crippen LogP contribution in [0, 0.1) is 5.82 Å². The van der Waals surface area contributed by atoms with E-state index in [0.29, 0.717) is 34.5 Å². The van der Waals surface area contributed by atoms with Gasteiger partial charge in [-0.15, -0.1) is 0 Å². The Hall–Kier alpha value is -2.86. The quantitative estimate of drug-likeness (QED) is 0.743. The van der Waals surface area contributed by atoms with Crippen molar-refractivity contribution < 1.29 is 13.9 Å². The van der Waals surface area contributed by atoms with Crippen molar-refractivity contribution in [2.24, 2.45) is 0 Å². The Morgan fingerprint density at radius 3 is 2.82 bits per heavy atom. The lowest BCUT2D eigenvalue weighted by Gasteiger charge is -2.35. The van der Waals surface area contributed by atoms with E-state index in [1.807, 2.05) is 32.0 Å². The van der Waals surface area contributed by atoms with Crippen LogP contribution in [-0.2, 0) is 4.74 Å². The highest BCUT2D eigenvalue weighted by atomic mass is 19.1. The Labute approximate surface area is 163 Å². The molecule has 2 aromatic heterocycles. The highest BCUT2D eigenvalue weighted by molar-refractivity contribution is 6.07. The Morgan fingerprint density at radius 2 is 2.07 bits per heavy atom. The first-order valence-electron chi connectivity index (χ1n) is 9.38. The molecule has 1 aliphatic heterocycles. The summed E-state index contributed by atoms with van der Waals surface area (Å²) in [6.45, 7) is 4.66. The number of carbonyl (C=O) groups is 1. The van der Waals surface area contributed by atoms with Crippen LogP contribution in [0.5, 0.6) is 0 Å². The van der Waals surface area contributed by atoms with E-state index in [4.69, 9.17) is 4.74 Å². The summed E-state index contributed by atoms with van der Waals surface area (Å²) in [4.78, 5) is 21.9. The molecule has 1 unspecified atom stereocenters. The van der Waals surface area contributed by atoms with E-state index in [9.17, 15) is 9.18 Å². The van der Waals surface area contributed by atoms with Crippen LogP contribution < -0.4 is 5.32 Å². The van der Waals surface area contributed by atoms with Gasteiger partial charge in [-0.05, 0) is 57.0 Å². The third kappa shape index (κ3) is 3.87. The lowest BCUT2D eigenvalue weighted by Crippen LogP contribution is -2.45. The summed E-state index contributed by atoms with van der Waals surface area (Å²) >= 11 is 0. The second-order valence-corrected chi connectivity index (χ2v) is 7.70. The van der Waals surface area contributed by atoms with Gasteiger partial charge in [0.1, 0.15) is 5.82 Å². The number of aromatic nitrogens is 2. The van der Waals surface area contributed by atoms with E-state index < -0.39 is 5.82 Å². The number of nitrogens with one attached hydrogen (secondary N) is 1. The number of pyridine rings is 2. The molecule has 1 N–H and O–H groups in total. The average molecular weight is 379 g/mol. The summed E-state index contributed by atoms with van der Waals surface area (Å²) in [5.74, 6) is -0.588. The summed E-state index contributed by atoms with van der Waals surface area (Å²) < 4.78 is 19.5. The molecule has 0 saturated carbocycles. The van der Waals surface area contributed by atoms with E-state index >= 15 is 0 Å². The second-order valence-electron chi connectivity index (χ2n) is 7.70. The van der Waals surface area contributed by atoms with Crippen LogP contribution in [0.4, 0.5) is 4.39 Å². The fraction of sp³-hybridized carbons (Fsp3) is 0.318. The number of halogens is 1. The molecule has 1 aromatic carbocycles. The van der Waals surface area contributed by atoms with Crippen molar-refractivity contribution in [3.05, 3.63) is 60.0 Å². The van der Waals surface area contributed by atoms with Crippen LogP contribution in [0.3, 0.4) is 0 Å². The third-order valence-electron chi connectivity index (χ3n) is 4.98. The van der Waals surface area contributed by atoms with Gasteiger partial charge in [0.25, 0.3) is 5.91 Å². The van der Waals surface area contributed by atoms with Gasteiger partial charge < -0.3 is 10.1 Å². The molecule has 4 rings (SSSR count). The molecule has 6 heteroatoms. The molecule has 0 bridgehead atoms. The zero-order valence-electron chi connectivity index (χ0n) is 15.9. The van der Waals surface area contributed by atoms with Crippen LogP contribution in [0.1, 0.15) is 37.0 Å². The summed E-state index contributed by atoms with van der Waals surface area (Å²) in [6, 6.07) is 11.5. The van der Waals surface area contributed by atoms with Gasteiger partial charge in [0.05, 0.1) is 28.1 Å². The largest absolute Gasteiger partial charge is 0.375 e. The monoisotopic (exact) mass is 379 g/mol. The number of benzene rings is 1. The van der Waals surface area contributed by atoms with Crippen molar-refractivity contribution in [3.8, 4) is 11.4 Å². The van der Waals surface area contributed by atoms with E-state index in [1.54, 1.807) is 18.3 Å². The normalized spacial score (nSPS) is 18.8. The van der Waals surface area contributed by atoms with E-state index in [-0.39, 0.29) is 17.6 Å². The first kappa shape index (κ1) is 18.5. The standard InChI is InChI=1S/C22H22FN3O2/c1-22(2)13-15(8-10-28-22)25-21(27)17-12-20(18-5-3-4-9-24-18)26-19-11-14(23)6-7-16(17)19/h3-7,9,11-12,15H,8,10,13H2,1-2H3,(H,25,27). The molecular weight excluding hydrogens is 357 g/mol. The molecule has 5 nitrogen and oxygen atoms in total. The molecule has 1 fully saturated rings. The highest BCUT2D eigenvalue weighted by Gasteiger charge is 2.30. The lowest BCUT2D eigenvalue weighted by atomic mass is 9.93. The van der Waals surface area contributed by atoms with Crippen LogP contribution >= 0.6 is 0 Å². The fourth-order valence-corrected chi connectivity index (χ4v) is 3.65. The number of hydrogen-bond donors (Lipinski definition) is 1. The van der Waals surface area contributed by atoms with E-state index in [1.165, 1.54) is 12.1 Å². The number of fused-ring (bicyclic) bond motifs is 1. The van der Waals surface area contributed by atoms with Crippen LogP contribution in [0.15, 0.2) is 48.7 Å². The lowest BCUT2D eigenvalue weighted by molar-refractivity contribution is -0.0615. The highest BCUT2D eigenvalue weighted by Crippen LogP contribution is 2.27. The van der Waals surface area contributed by atoms with E-state index in [2.05, 4.69) is 15.3 Å². The van der Waals surface area contributed by atoms with Gasteiger partial charge in [0, 0.05) is 30.3 Å². The Bertz CT molecular complexity index is 1020. The molecule has 1 aliphatic rings. The first-order chi connectivity index (χ1) is 13.4. The second kappa shape index (κ2) is 7.28. The summed E-state index contributed by atoms with van der Waals surface area (Å²) in [6.07, 6.45) is 3.17. The Morgan fingerprint density at radius 1 is 1.21 bits per heavy atom. The third-order valence-corrected chi connectivity index (χ3v) is 4.98. The molecule has 0 radical (unpaired) electrons. The van der Waals surface area contributed by atoms with Crippen LogP contribution in [-0.4, -0.2) is 34.1 Å². The zero-order chi connectivity index (χ0) is 19.7. The SMILES string of the molecule is CC1(C)CC(NC(=O)c2cc(-c3ccccn3)nc3cc(F)ccc23)CCO1. The Balaban J connectivity index is 1.73. The maximum absolute atomic E-state index is 13.8. The van der Waals surface area contributed by atoms with Crippen molar-refractivity contribution >= 4 is 16.8 Å². The first-order valence-corrected chi connectivity index (χ1v) is 9.38. The fourth-order valence-electron chi connectivity index (χ4n) is 3.65. The van der Waals surface area contributed by atoms with Crippen molar-refractivity contribution in [3.63, 3.8) is 0 Å². The Kier molecular flexibility index (Phi) is 4.81. The number of hydrogen-bond acceptors (Lipinski definition) is 4. The van der Waals surface area contributed by atoms with Crippen LogP contribution in [0.25, 0.3) is 22.3 Å². The molecule has 28 heavy (non-hydrogen) atoms. The van der Waals surface area contributed by atoms with Gasteiger partial charge >= 0.3 is 0 Å². The minimum atomic E-state index is -0.393. The smallest absolute Gasteiger partial charge is 0.252 e. The molecule has 1 atom stereocenters. The van der Waals surface area contributed by atoms with Crippen molar-refractivity contribution in [1.82, 2.24) is 15.3 Å². The van der Waals surface area contributed by atoms with Crippen LogP contribution in [0.2, 0.25) is 0 Å². The average Bonchev–Trinajstić information content (AvgIpc) is 2.66. The van der Waals surface area contributed by atoms with Crippen molar-refractivity contribution in [2.45, 2.75) is 38.3 Å². The summed E-state index contributed by atoms with van der Waals surface area (Å²) in [7, 11) is 0. The van der Waals surface area contributed by atoms with Crippen molar-refractivity contribution in [1.29, 1.82) is 0 Å². The maximum atomic E-state index is 13.8. The number of ether oxygens (including phenoxy) is 1. The number of amides is 1. The molecule has 144 valence electrons. The zero-order valence-corrected chi connectivity index (χ0v) is 15.9. The van der Waals surface area contributed by atoms with Gasteiger partial charge in [0.15, 0.2) is 0 Å². The van der Waals surface area contributed by atoms with Gasteiger partial charge in [-0.1, -0.05) is 6.07 Å². The minimum Gasteiger partial charge on any atom is -0.375 e. The topological polar surface area (TPSA) is 64.1 Å². The summed E-state index contributed by atoms with van der Waals surface area (Å²) in [5, 5.41) is 3.73. The molecule has 3 aromatic rings.